The van der Waals surface area contributed by atoms with Crippen LogP contribution >= 0.6 is 12.4 Å². The van der Waals surface area contributed by atoms with Crippen molar-refractivity contribution in [1.29, 1.82) is 0 Å². The van der Waals surface area contributed by atoms with Gasteiger partial charge in [0.2, 0.25) is 11.9 Å². The molecule has 2 aliphatic rings. The molecule has 0 aliphatic carbocycles. The quantitative estimate of drug-likeness (QED) is 0.722. The number of hydrogen-bond acceptors (Lipinski definition) is 2. The van der Waals surface area contributed by atoms with Gasteiger partial charge >= 0.3 is 0 Å². The number of nitrogens with zero attached hydrogens (tertiary/aromatic N) is 2. The monoisotopic (exact) mass is 260 g/mol. The zero-order valence-electron chi connectivity index (χ0n) is 9.46. The van der Waals surface area contributed by atoms with Crippen molar-refractivity contribution < 1.29 is 8.78 Å². The first-order valence-electron chi connectivity index (χ1n) is 5.80. The van der Waals surface area contributed by atoms with Gasteiger partial charge in [0, 0.05) is 5.56 Å². The largest absolute Gasteiger partial charge is 0.293 e. The van der Waals surface area contributed by atoms with Crippen LogP contribution in [-0.2, 0) is 5.54 Å². The van der Waals surface area contributed by atoms with Crippen molar-refractivity contribution in [3.05, 3.63) is 29.6 Å². The summed E-state index contributed by atoms with van der Waals surface area (Å²) in [6, 6.07) is 2.84. The lowest BCUT2D eigenvalue weighted by molar-refractivity contribution is 0.189. The molecular formula is C12H15ClF2N2. The van der Waals surface area contributed by atoms with Gasteiger partial charge in [0.05, 0.1) is 5.54 Å². The third kappa shape index (κ3) is 1.83. The molecule has 0 aromatic carbocycles. The van der Waals surface area contributed by atoms with Crippen LogP contribution in [0.2, 0.25) is 0 Å². The molecule has 0 unspecified atom stereocenters. The highest BCUT2D eigenvalue weighted by atomic mass is 35.5. The smallest absolute Gasteiger partial charge is 0.220 e. The maximum Gasteiger partial charge on any atom is 0.220 e. The van der Waals surface area contributed by atoms with Gasteiger partial charge in [0.25, 0.3) is 0 Å². The zero-order chi connectivity index (χ0) is 11.2. The van der Waals surface area contributed by atoms with E-state index in [1.54, 1.807) is 6.07 Å². The lowest BCUT2D eigenvalue weighted by atomic mass is 9.87. The van der Waals surface area contributed by atoms with Crippen molar-refractivity contribution in [2.45, 2.75) is 31.2 Å². The van der Waals surface area contributed by atoms with Gasteiger partial charge in [-0.2, -0.15) is 13.8 Å². The summed E-state index contributed by atoms with van der Waals surface area (Å²) in [5, 5.41) is 0. The van der Waals surface area contributed by atoms with Crippen LogP contribution in [0.3, 0.4) is 0 Å². The second-order valence-corrected chi connectivity index (χ2v) is 4.70. The summed E-state index contributed by atoms with van der Waals surface area (Å²) in [6.07, 6.45) is 4.13. The molecule has 0 spiro atoms. The average Bonchev–Trinajstić information content (AvgIpc) is 2.75. The van der Waals surface area contributed by atoms with E-state index in [0.29, 0.717) is 5.56 Å². The molecule has 94 valence electrons. The van der Waals surface area contributed by atoms with Crippen LogP contribution in [0.15, 0.2) is 12.1 Å². The Kier molecular flexibility index (Phi) is 3.36. The Morgan fingerprint density at radius 2 is 1.76 bits per heavy atom. The average molecular weight is 261 g/mol. The maximum atomic E-state index is 13.8. The van der Waals surface area contributed by atoms with Gasteiger partial charge < -0.3 is 0 Å². The van der Waals surface area contributed by atoms with Crippen molar-refractivity contribution in [2.75, 3.05) is 13.1 Å². The number of pyridine rings is 1. The zero-order valence-corrected chi connectivity index (χ0v) is 10.3. The SMILES string of the molecule is Cl.Fc1ccc(C23CCCN2CCC3)c(F)n1. The number of rotatable bonds is 1. The molecular weight excluding hydrogens is 246 g/mol. The number of aromatic nitrogens is 1. The molecule has 2 saturated heterocycles. The van der Waals surface area contributed by atoms with E-state index in [1.807, 2.05) is 0 Å². The van der Waals surface area contributed by atoms with Gasteiger partial charge in [-0.05, 0) is 50.9 Å². The standard InChI is InChI=1S/C12H14F2N2.ClH/c13-10-4-3-9(11(14)15-10)12-5-1-7-16(12)8-2-6-12;/h3-4H,1-2,5-8H2;1H. The van der Waals surface area contributed by atoms with E-state index in [-0.39, 0.29) is 17.9 Å². The Bertz CT molecular complexity index is 415. The molecule has 0 atom stereocenters. The van der Waals surface area contributed by atoms with Crippen LogP contribution in [0, 0.1) is 11.9 Å². The van der Waals surface area contributed by atoms with Crippen LogP contribution in [-0.4, -0.2) is 23.0 Å². The first-order chi connectivity index (χ1) is 7.72. The molecule has 2 nitrogen and oxygen atoms in total. The van der Waals surface area contributed by atoms with Crippen molar-refractivity contribution in [3.63, 3.8) is 0 Å². The normalized spacial score (nSPS) is 22.2. The Balaban J connectivity index is 0.00000108. The minimum atomic E-state index is -0.736. The maximum absolute atomic E-state index is 13.8. The van der Waals surface area contributed by atoms with Crippen LogP contribution in [0.5, 0.6) is 0 Å². The number of hydrogen-bond donors (Lipinski definition) is 0. The molecule has 0 saturated carbocycles. The molecule has 1 aromatic rings. The third-order valence-electron chi connectivity index (χ3n) is 3.96. The molecule has 17 heavy (non-hydrogen) atoms. The highest BCUT2D eigenvalue weighted by Crippen LogP contribution is 2.47. The van der Waals surface area contributed by atoms with E-state index in [1.165, 1.54) is 6.07 Å². The van der Waals surface area contributed by atoms with Crippen molar-refractivity contribution >= 4 is 12.4 Å². The van der Waals surface area contributed by atoms with Crippen molar-refractivity contribution in [3.8, 4) is 0 Å². The summed E-state index contributed by atoms with van der Waals surface area (Å²) in [5.74, 6) is -1.37. The molecule has 1 aromatic heterocycles. The van der Waals surface area contributed by atoms with E-state index in [2.05, 4.69) is 9.88 Å². The van der Waals surface area contributed by atoms with Crippen LogP contribution in [0.1, 0.15) is 31.2 Å². The third-order valence-corrected chi connectivity index (χ3v) is 3.96. The molecule has 3 rings (SSSR count). The van der Waals surface area contributed by atoms with E-state index in [9.17, 15) is 8.78 Å². The number of halogens is 3. The highest BCUT2D eigenvalue weighted by molar-refractivity contribution is 5.85. The van der Waals surface area contributed by atoms with Gasteiger partial charge in [-0.15, -0.1) is 12.4 Å². The van der Waals surface area contributed by atoms with Crippen LogP contribution in [0.4, 0.5) is 8.78 Å². The predicted octanol–water partition coefficient (Wildman–Crippen LogP) is 2.87. The van der Waals surface area contributed by atoms with E-state index >= 15 is 0 Å². The summed E-state index contributed by atoms with van der Waals surface area (Å²) in [4.78, 5) is 5.64. The topological polar surface area (TPSA) is 16.1 Å². The minimum absolute atomic E-state index is 0. The summed E-state index contributed by atoms with van der Waals surface area (Å²) >= 11 is 0. The Morgan fingerprint density at radius 3 is 2.35 bits per heavy atom. The fourth-order valence-electron chi connectivity index (χ4n) is 3.30. The molecule has 3 heterocycles. The lowest BCUT2D eigenvalue weighted by Crippen LogP contribution is -2.36. The summed E-state index contributed by atoms with van der Waals surface area (Å²) < 4.78 is 26.6. The molecule has 5 heteroatoms. The summed E-state index contributed by atoms with van der Waals surface area (Å²) in [7, 11) is 0. The summed E-state index contributed by atoms with van der Waals surface area (Å²) in [5.41, 5.74) is 0.397. The first kappa shape index (κ1) is 12.7. The van der Waals surface area contributed by atoms with Gasteiger partial charge in [-0.25, -0.2) is 0 Å². The first-order valence-corrected chi connectivity index (χ1v) is 5.80. The van der Waals surface area contributed by atoms with Gasteiger partial charge in [-0.3, -0.25) is 4.90 Å². The Labute approximate surface area is 105 Å². The van der Waals surface area contributed by atoms with Crippen LogP contribution in [0.25, 0.3) is 0 Å². The molecule has 2 aliphatic heterocycles. The van der Waals surface area contributed by atoms with Crippen molar-refractivity contribution in [1.82, 2.24) is 9.88 Å². The van der Waals surface area contributed by atoms with Crippen molar-refractivity contribution in [2.24, 2.45) is 0 Å². The van der Waals surface area contributed by atoms with E-state index in [4.69, 9.17) is 0 Å². The fourth-order valence-corrected chi connectivity index (χ4v) is 3.30. The van der Waals surface area contributed by atoms with E-state index in [0.717, 1.165) is 38.8 Å². The fraction of sp³-hybridized carbons (Fsp3) is 0.583. The Morgan fingerprint density at radius 1 is 1.12 bits per heavy atom. The van der Waals surface area contributed by atoms with E-state index < -0.39 is 11.9 Å². The summed E-state index contributed by atoms with van der Waals surface area (Å²) in [6.45, 7) is 2.05. The van der Waals surface area contributed by atoms with Gasteiger partial charge in [0.1, 0.15) is 0 Å². The second kappa shape index (κ2) is 4.50. The van der Waals surface area contributed by atoms with Crippen LogP contribution < -0.4 is 0 Å². The molecule has 0 radical (unpaired) electrons. The predicted molar refractivity (Wildman–Crippen MR) is 63.1 cm³/mol. The van der Waals surface area contributed by atoms with Gasteiger partial charge in [-0.1, -0.05) is 0 Å². The lowest BCUT2D eigenvalue weighted by Gasteiger charge is -2.32. The minimum Gasteiger partial charge on any atom is -0.293 e. The second-order valence-electron chi connectivity index (χ2n) is 4.70. The number of fused-ring (bicyclic) bond motifs is 1. The highest BCUT2D eigenvalue weighted by Gasteiger charge is 2.47. The molecule has 2 fully saturated rings. The molecule has 0 N–H and O–H groups in total. The van der Waals surface area contributed by atoms with Gasteiger partial charge in [0.15, 0.2) is 0 Å². The molecule has 0 amide bonds. The molecule has 0 bridgehead atoms. The Hall–Kier alpha value is -0.740.